The normalized spacial score (nSPS) is 40.4. The van der Waals surface area contributed by atoms with Gasteiger partial charge in [0.25, 0.3) is 0 Å². The zero-order chi connectivity index (χ0) is 16.0. The zero-order valence-electron chi connectivity index (χ0n) is 12.1. The van der Waals surface area contributed by atoms with Gasteiger partial charge in [-0.15, -0.1) is 0 Å². The van der Waals surface area contributed by atoms with Crippen molar-refractivity contribution >= 4 is 33.4 Å². The third kappa shape index (κ3) is 1.68. The monoisotopic (exact) mass is 381 g/mol. The van der Waals surface area contributed by atoms with Gasteiger partial charge in [0.2, 0.25) is 11.8 Å². The van der Waals surface area contributed by atoms with Gasteiger partial charge in [0.15, 0.2) is 11.6 Å². The Morgan fingerprint density at radius 2 is 1.39 bits per heavy atom. The lowest BCUT2D eigenvalue weighted by atomic mass is 9.59. The van der Waals surface area contributed by atoms with Crippen LogP contribution < -0.4 is 4.90 Å². The second kappa shape index (κ2) is 4.41. The third-order valence-electron chi connectivity index (χ3n) is 6.35. The summed E-state index contributed by atoms with van der Waals surface area (Å²) in [6.45, 7) is 0. The number of nitrogens with zero attached hydrogens (tertiary/aromatic N) is 1. The number of imide groups is 1. The highest BCUT2D eigenvalue weighted by molar-refractivity contribution is 9.10. The van der Waals surface area contributed by atoms with E-state index in [2.05, 4.69) is 15.9 Å². The lowest BCUT2D eigenvalue weighted by Crippen LogP contribution is -2.43. The number of carbonyl (C=O) groups excluding carboxylic acids is 2. The molecule has 4 aliphatic carbocycles. The summed E-state index contributed by atoms with van der Waals surface area (Å²) in [7, 11) is 0. The first-order valence-corrected chi connectivity index (χ1v) is 8.80. The van der Waals surface area contributed by atoms with Crippen molar-refractivity contribution in [2.24, 2.45) is 35.5 Å². The summed E-state index contributed by atoms with van der Waals surface area (Å²) in [6.07, 6.45) is 3.04. The minimum absolute atomic E-state index is 0.220. The Kier molecular flexibility index (Phi) is 2.70. The van der Waals surface area contributed by atoms with Gasteiger partial charge in [-0.2, -0.15) is 0 Å². The molecule has 2 amide bonds. The quantitative estimate of drug-likeness (QED) is 0.698. The fourth-order valence-corrected chi connectivity index (χ4v) is 5.91. The number of rotatable bonds is 1. The number of hydrogen-bond acceptors (Lipinski definition) is 2. The SMILES string of the molecule is O=C1[C@@H]2[C@@H]3CC[C@@H]([C@@H]4C[C@@H]43)[C@@H]2C(=O)N1c1c(F)cc(Br)cc1F. The summed E-state index contributed by atoms with van der Waals surface area (Å²) < 4.78 is 28.8. The molecule has 5 fully saturated rings. The Hall–Kier alpha value is -1.30. The number of fused-ring (bicyclic) bond motifs is 1. The van der Waals surface area contributed by atoms with Gasteiger partial charge < -0.3 is 0 Å². The molecule has 4 saturated carbocycles. The van der Waals surface area contributed by atoms with Crippen LogP contribution in [0.3, 0.4) is 0 Å². The van der Waals surface area contributed by atoms with Crippen LogP contribution in [0.25, 0.3) is 0 Å². The molecule has 6 rings (SSSR count). The first kappa shape index (κ1) is 14.1. The second-order valence-electron chi connectivity index (χ2n) is 7.25. The van der Waals surface area contributed by atoms with E-state index in [1.54, 1.807) is 0 Å². The Balaban J connectivity index is 1.62. The molecule has 6 atom stereocenters. The van der Waals surface area contributed by atoms with Gasteiger partial charge in [-0.25, -0.2) is 13.7 Å². The van der Waals surface area contributed by atoms with Crippen molar-refractivity contribution in [2.45, 2.75) is 19.3 Å². The van der Waals surface area contributed by atoms with Crippen molar-refractivity contribution in [2.75, 3.05) is 4.90 Å². The van der Waals surface area contributed by atoms with E-state index in [9.17, 15) is 18.4 Å². The van der Waals surface area contributed by atoms with Crippen LogP contribution in [0.2, 0.25) is 0 Å². The maximum Gasteiger partial charge on any atom is 0.238 e. The summed E-state index contributed by atoms with van der Waals surface area (Å²) in [4.78, 5) is 26.5. The summed E-state index contributed by atoms with van der Waals surface area (Å²) in [5, 5.41) is 0. The molecule has 1 saturated heterocycles. The van der Waals surface area contributed by atoms with Crippen LogP contribution in [0.15, 0.2) is 16.6 Å². The molecule has 1 heterocycles. The van der Waals surface area contributed by atoms with E-state index in [-0.39, 0.29) is 28.1 Å². The van der Waals surface area contributed by atoms with Crippen molar-refractivity contribution in [3.63, 3.8) is 0 Å². The van der Waals surface area contributed by atoms with E-state index in [4.69, 9.17) is 0 Å². The van der Waals surface area contributed by atoms with Crippen molar-refractivity contribution in [3.8, 4) is 0 Å². The van der Waals surface area contributed by atoms with Gasteiger partial charge in [0.05, 0.1) is 11.8 Å². The number of carbonyl (C=O) groups is 2. The largest absolute Gasteiger partial charge is 0.274 e. The molecule has 6 heteroatoms. The highest BCUT2D eigenvalue weighted by Gasteiger charge is 2.68. The number of halogens is 3. The number of benzene rings is 1. The molecule has 0 spiro atoms. The predicted octanol–water partition coefficient (Wildman–Crippen LogP) is 3.51. The topological polar surface area (TPSA) is 37.4 Å². The first-order chi connectivity index (χ1) is 11.0. The van der Waals surface area contributed by atoms with Crippen molar-refractivity contribution < 1.29 is 18.4 Å². The van der Waals surface area contributed by atoms with Crippen LogP contribution in [0.4, 0.5) is 14.5 Å². The minimum Gasteiger partial charge on any atom is -0.274 e. The van der Waals surface area contributed by atoms with Crippen LogP contribution in [0.5, 0.6) is 0 Å². The molecule has 120 valence electrons. The van der Waals surface area contributed by atoms with Gasteiger partial charge in [0.1, 0.15) is 5.69 Å². The van der Waals surface area contributed by atoms with E-state index in [0.29, 0.717) is 11.8 Å². The Bertz CT molecular complexity index is 710. The van der Waals surface area contributed by atoms with Gasteiger partial charge in [-0.1, -0.05) is 15.9 Å². The second-order valence-corrected chi connectivity index (χ2v) is 8.17. The summed E-state index contributed by atoms with van der Waals surface area (Å²) >= 11 is 3.02. The van der Waals surface area contributed by atoms with Gasteiger partial charge >= 0.3 is 0 Å². The van der Waals surface area contributed by atoms with E-state index in [0.717, 1.165) is 36.3 Å². The number of anilines is 1. The van der Waals surface area contributed by atoms with E-state index in [1.165, 1.54) is 0 Å². The molecule has 1 aliphatic heterocycles. The lowest BCUT2D eigenvalue weighted by molar-refractivity contribution is -0.129. The van der Waals surface area contributed by atoms with Gasteiger partial charge in [0, 0.05) is 4.47 Å². The first-order valence-electron chi connectivity index (χ1n) is 8.01. The van der Waals surface area contributed by atoms with E-state index in [1.807, 2.05) is 0 Å². The molecule has 2 bridgehead atoms. The molecular weight excluding hydrogens is 368 g/mol. The third-order valence-corrected chi connectivity index (χ3v) is 6.81. The summed E-state index contributed by atoms with van der Waals surface area (Å²) in [5.41, 5.74) is -0.509. The van der Waals surface area contributed by atoms with E-state index < -0.39 is 29.1 Å². The van der Waals surface area contributed by atoms with Crippen molar-refractivity contribution in [1.29, 1.82) is 0 Å². The lowest BCUT2D eigenvalue weighted by Gasteiger charge is -2.42. The molecule has 0 radical (unpaired) electrons. The molecule has 0 aromatic heterocycles. The van der Waals surface area contributed by atoms with Gasteiger partial charge in [-0.05, 0) is 55.1 Å². The smallest absolute Gasteiger partial charge is 0.238 e. The molecule has 1 aromatic rings. The van der Waals surface area contributed by atoms with Crippen LogP contribution in [0, 0.1) is 47.1 Å². The average Bonchev–Trinajstić information content (AvgIpc) is 3.26. The molecule has 23 heavy (non-hydrogen) atoms. The standard InChI is InChI=1S/C17H14BrF2NO2/c18-6-3-11(19)15(12(20)4-6)21-16(22)13-7-1-2-8(10-5-9(7)10)14(13)17(21)23/h3-4,7-10,13-14H,1-2,5H2/t7-,8+,9-,10+,13-,14+. The predicted molar refractivity (Wildman–Crippen MR) is 81.3 cm³/mol. The molecule has 5 aliphatic rings. The zero-order valence-corrected chi connectivity index (χ0v) is 13.7. The van der Waals surface area contributed by atoms with Gasteiger partial charge in [-0.3, -0.25) is 9.59 Å². The van der Waals surface area contributed by atoms with Crippen LogP contribution in [-0.2, 0) is 9.59 Å². The summed E-state index contributed by atoms with van der Waals surface area (Å²) in [6, 6.07) is 2.18. The fraction of sp³-hybridized carbons (Fsp3) is 0.529. The Morgan fingerprint density at radius 1 is 0.913 bits per heavy atom. The van der Waals surface area contributed by atoms with Crippen LogP contribution >= 0.6 is 15.9 Å². The van der Waals surface area contributed by atoms with Crippen molar-refractivity contribution in [3.05, 3.63) is 28.2 Å². The maximum atomic E-state index is 14.3. The average molecular weight is 382 g/mol. The summed E-state index contributed by atoms with van der Waals surface area (Å²) in [5.74, 6) is -1.77. The Morgan fingerprint density at radius 3 is 1.87 bits per heavy atom. The van der Waals surface area contributed by atoms with Crippen LogP contribution in [-0.4, -0.2) is 11.8 Å². The molecule has 3 nitrogen and oxygen atoms in total. The van der Waals surface area contributed by atoms with E-state index >= 15 is 0 Å². The maximum absolute atomic E-state index is 14.3. The molecular formula is C17H14BrF2NO2. The fourth-order valence-electron chi connectivity index (χ4n) is 5.51. The molecule has 1 aromatic carbocycles. The molecule has 0 unspecified atom stereocenters. The minimum atomic E-state index is -0.880. The Labute approximate surface area is 140 Å². The number of hydrogen-bond donors (Lipinski definition) is 0. The van der Waals surface area contributed by atoms with Crippen molar-refractivity contribution in [1.82, 2.24) is 0 Å². The highest BCUT2D eigenvalue weighted by atomic mass is 79.9. The van der Waals surface area contributed by atoms with Crippen LogP contribution in [0.1, 0.15) is 19.3 Å². The highest BCUT2D eigenvalue weighted by Crippen LogP contribution is 2.68. The molecule has 0 N–H and O–H groups in total. The number of amides is 2.